The molecule has 0 aliphatic carbocycles. The number of carboxylic acid groups (broad SMARTS) is 1. The van der Waals surface area contributed by atoms with Crippen LogP contribution in [0.15, 0.2) is 0 Å². The third-order valence-corrected chi connectivity index (χ3v) is 4.86. The highest BCUT2D eigenvalue weighted by molar-refractivity contribution is 8.00. The van der Waals surface area contributed by atoms with Gasteiger partial charge in [-0.2, -0.15) is 11.8 Å². The lowest BCUT2D eigenvalue weighted by atomic mass is 10.0. The van der Waals surface area contributed by atoms with Gasteiger partial charge in [0.15, 0.2) is 0 Å². The Morgan fingerprint density at radius 3 is 2.25 bits per heavy atom. The molecule has 16 heavy (non-hydrogen) atoms. The normalized spacial score (nSPS) is 13.8. The molecule has 0 aromatic heterocycles. The Kier molecular flexibility index (Phi) is 7.85. The zero-order chi connectivity index (χ0) is 12.6. The second-order valence-electron chi connectivity index (χ2n) is 4.15. The predicted molar refractivity (Wildman–Crippen MR) is 71.2 cm³/mol. The van der Waals surface area contributed by atoms with Crippen LogP contribution in [-0.2, 0) is 4.79 Å². The molecular weight excluding hydrogens is 222 g/mol. The summed E-state index contributed by atoms with van der Waals surface area (Å²) in [6, 6.07) is -0.394. The molecule has 1 unspecified atom stereocenters. The molecule has 0 radical (unpaired) electrons. The van der Waals surface area contributed by atoms with E-state index < -0.39 is 12.0 Å². The first kappa shape index (κ1) is 15.8. The number of thioether (sulfide) groups is 1. The number of aliphatic carboxylic acids is 1. The fraction of sp³-hybridized carbons (Fsp3) is 0.917. The minimum atomic E-state index is -0.732. The SMILES string of the molecule is CCCC(NCC(CC)(CC)SC)C(=O)O. The number of nitrogens with one attached hydrogen (secondary N) is 1. The topological polar surface area (TPSA) is 49.3 Å². The molecule has 3 nitrogen and oxygen atoms in total. The van der Waals surface area contributed by atoms with E-state index in [1.54, 1.807) is 0 Å². The van der Waals surface area contributed by atoms with Gasteiger partial charge in [0.05, 0.1) is 0 Å². The molecule has 0 aromatic carbocycles. The van der Waals surface area contributed by atoms with Gasteiger partial charge in [-0.3, -0.25) is 4.79 Å². The first-order valence-electron chi connectivity index (χ1n) is 6.06. The lowest BCUT2D eigenvalue weighted by molar-refractivity contribution is -0.139. The van der Waals surface area contributed by atoms with Crippen LogP contribution in [0.1, 0.15) is 46.5 Å². The average molecular weight is 247 g/mol. The van der Waals surface area contributed by atoms with Crippen molar-refractivity contribution in [3.63, 3.8) is 0 Å². The van der Waals surface area contributed by atoms with Crippen LogP contribution in [0.3, 0.4) is 0 Å². The van der Waals surface area contributed by atoms with Crippen molar-refractivity contribution in [2.75, 3.05) is 12.8 Å². The van der Waals surface area contributed by atoms with E-state index in [-0.39, 0.29) is 4.75 Å². The Labute approximate surface area is 103 Å². The highest BCUT2D eigenvalue weighted by atomic mass is 32.2. The smallest absolute Gasteiger partial charge is 0.320 e. The van der Waals surface area contributed by atoms with Crippen molar-refractivity contribution in [1.29, 1.82) is 0 Å². The largest absolute Gasteiger partial charge is 0.480 e. The molecule has 4 heteroatoms. The van der Waals surface area contributed by atoms with Gasteiger partial charge in [-0.1, -0.05) is 27.2 Å². The molecule has 0 aromatic rings. The van der Waals surface area contributed by atoms with E-state index in [1.807, 2.05) is 18.7 Å². The van der Waals surface area contributed by atoms with Crippen LogP contribution in [0.4, 0.5) is 0 Å². The molecule has 0 aliphatic rings. The number of hydrogen-bond donors (Lipinski definition) is 2. The summed E-state index contributed by atoms with van der Waals surface area (Å²) in [7, 11) is 0. The van der Waals surface area contributed by atoms with Crippen molar-refractivity contribution in [2.45, 2.75) is 57.2 Å². The van der Waals surface area contributed by atoms with Crippen LogP contribution < -0.4 is 5.32 Å². The number of hydrogen-bond acceptors (Lipinski definition) is 3. The van der Waals surface area contributed by atoms with Crippen LogP contribution in [0.5, 0.6) is 0 Å². The molecule has 0 bridgehead atoms. The van der Waals surface area contributed by atoms with Gasteiger partial charge in [-0.15, -0.1) is 0 Å². The van der Waals surface area contributed by atoms with Crippen molar-refractivity contribution in [2.24, 2.45) is 0 Å². The van der Waals surface area contributed by atoms with Gasteiger partial charge in [0.2, 0.25) is 0 Å². The van der Waals surface area contributed by atoms with Gasteiger partial charge in [-0.05, 0) is 25.5 Å². The van der Waals surface area contributed by atoms with Crippen molar-refractivity contribution in [1.82, 2.24) is 5.32 Å². The minimum absolute atomic E-state index is 0.182. The summed E-state index contributed by atoms with van der Waals surface area (Å²) in [5.41, 5.74) is 0. The molecule has 0 spiro atoms. The van der Waals surface area contributed by atoms with Crippen molar-refractivity contribution in [3.8, 4) is 0 Å². The molecule has 0 fully saturated rings. The van der Waals surface area contributed by atoms with E-state index in [0.717, 1.165) is 25.8 Å². The predicted octanol–water partition coefficient (Wildman–Crippen LogP) is 2.75. The van der Waals surface area contributed by atoms with Gasteiger partial charge in [0, 0.05) is 11.3 Å². The molecule has 0 aliphatic heterocycles. The van der Waals surface area contributed by atoms with Gasteiger partial charge >= 0.3 is 5.97 Å². The zero-order valence-corrected chi connectivity index (χ0v) is 11.7. The standard InChI is InChI=1S/C12H25NO2S/c1-5-8-10(11(14)15)13-9-12(6-2,7-3)16-4/h10,13H,5-9H2,1-4H3,(H,14,15). The van der Waals surface area contributed by atoms with Crippen molar-refractivity contribution in [3.05, 3.63) is 0 Å². The second-order valence-corrected chi connectivity index (χ2v) is 5.43. The third-order valence-electron chi connectivity index (χ3n) is 3.27. The van der Waals surface area contributed by atoms with E-state index in [2.05, 4.69) is 25.4 Å². The van der Waals surface area contributed by atoms with E-state index in [9.17, 15) is 4.79 Å². The van der Waals surface area contributed by atoms with Crippen molar-refractivity contribution < 1.29 is 9.90 Å². The summed E-state index contributed by atoms with van der Waals surface area (Å²) in [5, 5.41) is 12.2. The van der Waals surface area contributed by atoms with E-state index in [1.165, 1.54) is 0 Å². The molecule has 0 saturated carbocycles. The molecule has 0 saturated heterocycles. The summed E-state index contributed by atoms with van der Waals surface area (Å²) in [6.45, 7) is 7.12. The molecule has 0 rings (SSSR count). The summed E-state index contributed by atoms with van der Waals surface area (Å²) < 4.78 is 0.182. The average Bonchev–Trinajstić information content (AvgIpc) is 2.29. The summed E-state index contributed by atoms with van der Waals surface area (Å²) in [5.74, 6) is -0.732. The van der Waals surface area contributed by atoms with Gasteiger partial charge < -0.3 is 10.4 Å². The fourth-order valence-electron chi connectivity index (χ4n) is 1.77. The Balaban J connectivity index is 4.30. The summed E-state index contributed by atoms with van der Waals surface area (Å²) >= 11 is 1.83. The third kappa shape index (κ3) is 4.74. The molecule has 0 heterocycles. The monoisotopic (exact) mass is 247 g/mol. The van der Waals surface area contributed by atoms with Gasteiger partial charge in [-0.25, -0.2) is 0 Å². The Morgan fingerprint density at radius 2 is 1.94 bits per heavy atom. The lowest BCUT2D eigenvalue weighted by Crippen LogP contribution is -2.45. The zero-order valence-electron chi connectivity index (χ0n) is 10.9. The number of carboxylic acids is 1. The molecular formula is C12H25NO2S. The molecule has 2 N–H and O–H groups in total. The fourth-order valence-corrected chi connectivity index (χ4v) is 2.58. The minimum Gasteiger partial charge on any atom is -0.480 e. The molecule has 1 atom stereocenters. The Hall–Kier alpha value is -0.220. The highest BCUT2D eigenvalue weighted by Crippen LogP contribution is 2.29. The Bertz CT molecular complexity index is 197. The van der Waals surface area contributed by atoms with Crippen LogP contribution in [0.25, 0.3) is 0 Å². The number of carbonyl (C=O) groups is 1. The summed E-state index contributed by atoms with van der Waals surface area (Å²) in [6.07, 6.45) is 5.83. The van der Waals surface area contributed by atoms with Gasteiger partial charge in [0.25, 0.3) is 0 Å². The lowest BCUT2D eigenvalue weighted by Gasteiger charge is -2.31. The van der Waals surface area contributed by atoms with Gasteiger partial charge in [0.1, 0.15) is 6.04 Å². The van der Waals surface area contributed by atoms with Crippen LogP contribution in [0, 0.1) is 0 Å². The molecule has 0 amide bonds. The first-order valence-corrected chi connectivity index (χ1v) is 7.29. The second kappa shape index (κ2) is 7.96. The van der Waals surface area contributed by atoms with Crippen LogP contribution >= 0.6 is 11.8 Å². The van der Waals surface area contributed by atoms with E-state index in [4.69, 9.17) is 5.11 Å². The molecule has 96 valence electrons. The van der Waals surface area contributed by atoms with E-state index >= 15 is 0 Å². The maximum absolute atomic E-state index is 11.0. The maximum atomic E-state index is 11.0. The maximum Gasteiger partial charge on any atom is 0.320 e. The first-order chi connectivity index (χ1) is 7.55. The van der Waals surface area contributed by atoms with Crippen molar-refractivity contribution >= 4 is 17.7 Å². The van der Waals surface area contributed by atoms with Crippen LogP contribution in [0.2, 0.25) is 0 Å². The summed E-state index contributed by atoms with van der Waals surface area (Å²) in [4.78, 5) is 11.0. The highest BCUT2D eigenvalue weighted by Gasteiger charge is 2.27. The Morgan fingerprint density at radius 1 is 1.38 bits per heavy atom. The van der Waals surface area contributed by atoms with Crippen LogP contribution in [-0.4, -0.2) is 34.7 Å². The quantitative estimate of drug-likeness (QED) is 0.658. The van der Waals surface area contributed by atoms with E-state index in [0.29, 0.717) is 6.42 Å². The number of rotatable bonds is 9.